The van der Waals surface area contributed by atoms with Crippen molar-refractivity contribution in [1.82, 2.24) is 0 Å². The summed E-state index contributed by atoms with van der Waals surface area (Å²) in [6, 6.07) is 11.9. The van der Waals surface area contributed by atoms with Gasteiger partial charge in [0.25, 0.3) is 5.91 Å². The van der Waals surface area contributed by atoms with E-state index < -0.39 is 27.6 Å². The summed E-state index contributed by atoms with van der Waals surface area (Å²) in [5.74, 6) is -0.674. The van der Waals surface area contributed by atoms with Gasteiger partial charge in [0.15, 0.2) is 9.84 Å². The maximum atomic E-state index is 14.1. The van der Waals surface area contributed by atoms with E-state index in [1.807, 2.05) is 0 Å². The fraction of sp³-hybridized carbons (Fsp3) is 0.278. The van der Waals surface area contributed by atoms with Gasteiger partial charge in [-0.05, 0) is 42.8 Å². The molecule has 1 atom stereocenters. The number of rotatable bonds is 4. The first-order chi connectivity index (χ1) is 11.9. The van der Waals surface area contributed by atoms with E-state index in [-0.39, 0.29) is 17.1 Å². The molecule has 1 saturated heterocycles. The van der Waals surface area contributed by atoms with Gasteiger partial charge < -0.3 is 9.64 Å². The molecule has 1 fully saturated rings. The molecule has 0 spiro atoms. The van der Waals surface area contributed by atoms with Crippen molar-refractivity contribution in [3.63, 3.8) is 0 Å². The predicted octanol–water partition coefficient (Wildman–Crippen LogP) is 2.67. The third kappa shape index (κ3) is 3.66. The Morgan fingerprint density at radius 2 is 1.84 bits per heavy atom. The van der Waals surface area contributed by atoms with Gasteiger partial charge in [-0.25, -0.2) is 12.8 Å². The highest BCUT2D eigenvalue weighted by atomic mass is 32.2. The number of anilines is 1. The van der Waals surface area contributed by atoms with Crippen LogP contribution in [0.5, 0.6) is 5.75 Å². The maximum absolute atomic E-state index is 14.1. The molecule has 1 aliphatic rings. The van der Waals surface area contributed by atoms with Crippen LogP contribution in [-0.4, -0.2) is 39.0 Å². The molecule has 3 rings (SSSR count). The minimum atomic E-state index is -3.20. The van der Waals surface area contributed by atoms with Gasteiger partial charge in [0.1, 0.15) is 11.6 Å². The van der Waals surface area contributed by atoms with E-state index in [9.17, 15) is 17.6 Å². The zero-order chi connectivity index (χ0) is 18.0. The molecule has 0 radical (unpaired) electrons. The summed E-state index contributed by atoms with van der Waals surface area (Å²) in [5, 5.41) is 0. The second-order valence-electron chi connectivity index (χ2n) is 5.91. The Labute approximate surface area is 145 Å². The zero-order valence-corrected chi connectivity index (χ0v) is 14.5. The highest BCUT2D eigenvalue weighted by molar-refractivity contribution is 7.91. The normalized spacial score (nSPS) is 18.7. The molecule has 0 saturated carbocycles. The van der Waals surface area contributed by atoms with Crippen LogP contribution in [0.3, 0.4) is 0 Å². The first kappa shape index (κ1) is 17.4. The van der Waals surface area contributed by atoms with Crippen molar-refractivity contribution in [3.8, 4) is 5.75 Å². The topological polar surface area (TPSA) is 63.7 Å². The van der Waals surface area contributed by atoms with Crippen LogP contribution in [0.25, 0.3) is 0 Å². The first-order valence-electron chi connectivity index (χ1n) is 7.84. The van der Waals surface area contributed by atoms with Gasteiger partial charge >= 0.3 is 0 Å². The van der Waals surface area contributed by atoms with Crippen molar-refractivity contribution in [2.75, 3.05) is 23.5 Å². The highest BCUT2D eigenvalue weighted by Crippen LogP contribution is 2.28. The van der Waals surface area contributed by atoms with Gasteiger partial charge in [0.05, 0.1) is 30.2 Å². The lowest BCUT2D eigenvalue weighted by molar-refractivity contribution is 0.0975. The highest BCUT2D eigenvalue weighted by Gasteiger charge is 2.36. The number of methoxy groups -OCH3 is 1. The van der Waals surface area contributed by atoms with Crippen LogP contribution in [-0.2, 0) is 9.84 Å². The van der Waals surface area contributed by atoms with Crippen molar-refractivity contribution < 1.29 is 22.3 Å². The largest absolute Gasteiger partial charge is 0.497 e. The quantitative estimate of drug-likeness (QED) is 0.838. The van der Waals surface area contributed by atoms with Crippen LogP contribution in [0.15, 0.2) is 48.5 Å². The van der Waals surface area contributed by atoms with Crippen molar-refractivity contribution in [3.05, 3.63) is 59.9 Å². The van der Waals surface area contributed by atoms with E-state index in [4.69, 9.17) is 4.74 Å². The number of benzene rings is 2. The van der Waals surface area contributed by atoms with Crippen LogP contribution < -0.4 is 9.64 Å². The predicted molar refractivity (Wildman–Crippen MR) is 93.3 cm³/mol. The summed E-state index contributed by atoms with van der Waals surface area (Å²) in [7, 11) is -1.67. The number of halogens is 1. The second kappa shape index (κ2) is 6.84. The van der Waals surface area contributed by atoms with E-state index in [2.05, 4.69) is 0 Å². The molecule has 2 aromatic carbocycles. The fourth-order valence-corrected chi connectivity index (χ4v) is 4.68. The summed E-state index contributed by atoms with van der Waals surface area (Å²) >= 11 is 0. The molecule has 0 aromatic heterocycles. The maximum Gasteiger partial charge on any atom is 0.261 e. The minimum absolute atomic E-state index is 0.0227. The fourth-order valence-electron chi connectivity index (χ4n) is 2.98. The van der Waals surface area contributed by atoms with Crippen molar-refractivity contribution in [1.29, 1.82) is 0 Å². The number of carbonyl (C=O) groups excluding carboxylic acids is 1. The lowest BCUT2D eigenvalue weighted by Crippen LogP contribution is -2.41. The van der Waals surface area contributed by atoms with E-state index >= 15 is 0 Å². The molecule has 1 aliphatic heterocycles. The molecule has 25 heavy (non-hydrogen) atoms. The average molecular weight is 363 g/mol. The molecule has 0 bridgehead atoms. The molecule has 1 amide bonds. The molecule has 2 aromatic rings. The standard InChI is InChI=1S/C18H18FNO4S/c1-24-15-8-6-13(7-9-15)20(14-10-11-25(22,23)12-14)18(21)16-4-2-3-5-17(16)19/h2-9,14H,10-12H2,1H3. The van der Waals surface area contributed by atoms with E-state index in [0.717, 1.165) is 0 Å². The van der Waals surface area contributed by atoms with Crippen molar-refractivity contribution in [2.45, 2.75) is 12.5 Å². The van der Waals surface area contributed by atoms with E-state index in [0.29, 0.717) is 17.9 Å². The Morgan fingerprint density at radius 1 is 1.16 bits per heavy atom. The van der Waals surface area contributed by atoms with Gasteiger partial charge in [-0.1, -0.05) is 12.1 Å². The van der Waals surface area contributed by atoms with Gasteiger partial charge in [0, 0.05) is 5.69 Å². The van der Waals surface area contributed by atoms with Crippen molar-refractivity contribution in [2.24, 2.45) is 0 Å². The SMILES string of the molecule is COc1ccc(N(C(=O)c2ccccc2F)C2CCS(=O)(=O)C2)cc1. The molecule has 0 aliphatic carbocycles. The number of amides is 1. The molecule has 7 heteroatoms. The molecule has 5 nitrogen and oxygen atoms in total. The number of hydrogen-bond donors (Lipinski definition) is 0. The molecular weight excluding hydrogens is 345 g/mol. The molecule has 132 valence electrons. The van der Waals surface area contributed by atoms with Gasteiger partial charge in [-0.2, -0.15) is 0 Å². The Morgan fingerprint density at radius 3 is 2.40 bits per heavy atom. The molecule has 1 heterocycles. The monoisotopic (exact) mass is 363 g/mol. The Bertz CT molecular complexity index is 880. The summed E-state index contributed by atoms with van der Waals surface area (Å²) in [5.41, 5.74) is 0.429. The Hall–Kier alpha value is -2.41. The Kier molecular flexibility index (Phi) is 4.76. The van der Waals surface area contributed by atoms with Gasteiger partial charge in [-0.15, -0.1) is 0 Å². The third-order valence-corrected chi connectivity index (χ3v) is 6.00. The van der Waals surface area contributed by atoms with Gasteiger partial charge in [-0.3, -0.25) is 4.79 Å². The summed E-state index contributed by atoms with van der Waals surface area (Å²) in [4.78, 5) is 14.4. The number of carbonyl (C=O) groups is 1. The zero-order valence-electron chi connectivity index (χ0n) is 13.7. The smallest absolute Gasteiger partial charge is 0.261 e. The van der Waals surface area contributed by atoms with Crippen LogP contribution in [0, 0.1) is 5.82 Å². The summed E-state index contributed by atoms with van der Waals surface area (Å²) in [6.45, 7) is 0. The van der Waals surface area contributed by atoms with Crippen LogP contribution in [0.4, 0.5) is 10.1 Å². The minimum Gasteiger partial charge on any atom is -0.497 e. The molecule has 1 unspecified atom stereocenters. The lowest BCUT2D eigenvalue weighted by atomic mass is 10.1. The first-order valence-corrected chi connectivity index (χ1v) is 9.66. The Balaban J connectivity index is 2.02. The number of nitrogens with zero attached hydrogens (tertiary/aromatic N) is 1. The summed E-state index contributed by atoms with van der Waals surface area (Å²) in [6.07, 6.45) is 0.328. The van der Waals surface area contributed by atoms with Crippen molar-refractivity contribution >= 4 is 21.4 Å². The second-order valence-corrected chi connectivity index (χ2v) is 8.14. The number of ether oxygens (including phenoxy) is 1. The number of hydrogen-bond acceptors (Lipinski definition) is 4. The average Bonchev–Trinajstić information content (AvgIpc) is 2.95. The number of sulfone groups is 1. The van der Waals surface area contributed by atoms with Gasteiger partial charge in [0.2, 0.25) is 0 Å². The van der Waals surface area contributed by atoms with Crippen LogP contribution in [0.1, 0.15) is 16.8 Å². The third-order valence-electron chi connectivity index (χ3n) is 4.25. The van der Waals surface area contributed by atoms with Crippen LogP contribution in [0.2, 0.25) is 0 Å². The lowest BCUT2D eigenvalue weighted by Gasteiger charge is -2.28. The van der Waals surface area contributed by atoms with E-state index in [1.54, 1.807) is 30.3 Å². The molecular formula is C18H18FNO4S. The summed E-state index contributed by atoms with van der Waals surface area (Å²) < 4.78 is 42.9. The van der Waals surface area contributed by atoms with E-state index in [1.165, 1.54) is 30.2 Å². The van der Waals surface area contributed by atoms with Crippen LogP contribution >= 0.6 is 0 Å². The molecule has 0 N–H and O–H groups in total.